The van der Waals surface area contributed by atoms with Crippen molar-refractivity contribution >= 4 is 34.1 Å². The Bertz CT molecular complexity index is 1310. The number of rotatable bonds is 5. The van der Waals surface area contributed by atoms with Gasteiger partial charge in [0.2, 0.25) is 0 Å². The zero-order valence-corrected chi connectivity index (χ0v) is 21.0. The van der Waals surface area contributed by atoms with E-state index in [0.29, 0.717) is 35.0 Å². The molecule has 8 nitrogen and oxygen atoms in total. The third kappa shape index (κ3) is 5.25. The fraction of sp³-hybridized carbons (Fsp3) is 0.333. The number of carbonyl (C=O) groups excluding carboxylic acids is 2. The molecule has 0 aliphatic carbocycles. The number of fused-ring (bicyclic) bond motifs is 1. The van der Waals surface area contributed by atoms with Gasteiger partial charge in [-0.3, -0.25) is 15.0 Å². The maximum Gasteiger partial charge on any atom is 0.321 e. The lowest BCUT2D eigenvalue weighted by molar-refractivity contribution is 0.102. The van der Waals surface area contributed by atoms with Crippen LogP contribution < -0.4 is 10.6 Å². The number of nitrogens with zero attached hydrogens (tertiary/aromatic N) is 4. The maximum absolute atomic E-state index is 13.0. The van der Waals surface area contributed by atoms with Gasteiger partial charge in [0.15, 0.2) is 5.13 Å². The number of benzene rings is 2. The molecule has 2 aromatic carbocycles. The van der Waals surface area contributed by atoms with Crippen molar-refractivity contribution in [1.29, 1.82) is 5.26 Å². The topological polar surface area (TPSA) is 101 Å². The molecule has 3 heterocycles. The summed E-state index contributed by atoms with van der Waals surface area (Å²) in [4.78, 5) is 35.8. The van der Waals surface area contributed by atoms with Gasteiger partial charge in [0.25, 0.3) is 5.91 Å². The first-order valence-electron chi connectivity index (χ1n) is 12.2. The van der Waals surface area contributed by atoms with Crippen molar-refractivity contribution in [1.82, 2.24) is 14.8 Å². The molecule has 1 aromatic heterocycles. The van der Waals surface area contributed by atoms with Crippen LogP contribution in [0.4, 0.5) is 15.6 Å². The van der Waals surface area contributed by atoms with Crippen LogP contribution in [0.5, 0.6) is 0 Å². The Labute approximate surface area is 214 Å². The van der Waals surface area contributed by atoms with Crippen molar-refractivity contribution in [2.24, 2.45) is 0 Å². The van der Waals surface area contributed by atoms with Crippen molar-refractivity contribution in [3.05, 3.63) is 75.8 Å². The quantitative estimate of drug-likeness (QED) is 0.530. The Hall–Kier alpha value is -3.74. The number of nitrogens with one attached hydrogen (secondary N) is 2. The van der Waals surface area contributed by atoms with E-state index in [1.165, 1.54) is 4.88 Å². The highest BCUT2D eigenvalue weighted by Gasteiger charge is 2.28. The van der Waals surface area contributed by atoms with Crippen molar-refractivity contribution in [2.75, 3.05) is 36.8 Å². The molecule has 1 saturated heterocycles. The van der Waals surface area contributed by atoms with Crippen LogP contribution in [0.1, 0.15) is 51.3 Å². The number of nitriles is 1. The second-order valence-electron chi connectivity index (χ2n) is 9.14. The van der Waals surface area contributed by atoms with Crippen LogP contribution in [0.2, 0.25) is 0 Å². The van der Waals surface area contributed by atoms with E-state index in [4.69, 9.17) is 5.26 Å². The molecule has 2 N–H and O–H groups in total. The van der Waals surface area contributed by atoms with Crippen molar-refractivity contribution in [3.63, 3.8) is 0 Å². The Kier molecular flexibility index (Phi) is 6.98. The number of thiazole rings is 1. The van der Waals surface area contributed by atoms with Gasteiger partial charge >= 0.3 is 6.03 Å². The molecular weight excluding hydrogens is 472 g/mol. The summed E-state index contributed by atoms with van der Waals surface area (Å²) in [5.74, 6) is 0.000347. The first-order valence-corrected chi connectivity index (χ1v) is 13.0. The third-order valence-corrected chi connectivity index (χ3v) is 7.84. The second kappa shape index (κ2) is 10.5. The van der Waals surface area contributed by atoms with Gasteiger partial charge in [-0.15, -0.1) is 11.3 Å². The summed E-state index contributed by atoms with van der Waals surface area (Å²) in [6.45, 7) is 6.30. The first-order chi connectivity index (χ1) is 17.5. The van der Waals surface area contributed by atoms with Gasteiger partial charge < -0.3 is 10.2 Å². The van der Waals surface area contributed by atoms with Gasteiger partial charge in [0.05, 0.1) is 17.3 Å². The summed E-state index contributed by atoms with van der Waals surface area (Å²) < 4.78 is 0. The minimum atomic E-state index is -0.163. The summed E-state index contributed by atoms with van der Waals surface area (Å²) in [5.41, 5.74) is 3.95. The van der Waals surface area contributed by atoms with Gasteiger partial charge in [-0.05, 0) is 54.9 Å². The molecule has 9 heteroatoms. The molecule has 3 amide bonds. The largest absolute Gasteiger partial charge is 0.324 e. The minimum absolute atomic E-state index is 0.162. The van der Waals surface area contributed by atoms with E-state index in [9.17, 15) is 9.59 Å². The number of urea groups is 1. The van der Waals surface area contributed by atoms with E-state index in [1.807, 2.05) is 24.3 Å². The number of hydrogen-bond acceptors (Lipinski definition) is 6. The highest BCUT2D eigenvalue weighted by molar-refractivity contribution is 7.15. The van der Waals surface area contributed by atoms with Crippen LogP contribution in [0.3, 0.4) is 0 Å². The van der Waals surface area contributed by atoms with Gasteiger partial charge in [-0.1, -0.05) is 19.1 Å². The average Bonchev–Trinajstić information content (AvgIpc) is 3.56. The maximum atomic E-state index is 13.0. The SMILES string of the molecule is CCN1CCc2nc(NC(=O)c3cccc(C4CCN(C(=O)Nc5ccc(C#N)cc5)C4)c3)sc2C1. The number of carbonyl (C=O) groups is 2. The number of anilines is 2. The van der Waals surface area contributed by atoms with Crippen LogP contribution in [0, 0.1) is 11.3 Å². The van der Waals surface area contributed by atoms with Crippen LogP contribution in [-0.2, 0) is 13.0 Å². The predicted octanol–water partition coefficient (Wildman–Crippen LogP) is 4.67. The monoisotopic (exact) mass is 500 g/mol. The highest BCUT2D eigenvalue weighted by Crippen LogP contribution is 2.30. The minimum Gasteiger partial charge on any atom is -0.324 e. The molecule has 0 bridgehead atoms. The molecule has 2 aliphatic rings. The summed E-state index contributed by atoms with van der Waals surface area (Å²) in [5, 5.41) is 15.5. The first kappa shape index (κ1) is 24.0. The van der Waals surface area contributed by atoms with E-state index in [0.717, 1.165) is 43.7 Å². The van der Waals surface area contributed by atoms with Gasteiger partial charge in [-0.25, -0.2) is 9.78 Å². The van der Waals surface area contributed by atoms with E-state index < -0.39 is 0 Å². The second-order valence-corrected chi connectivity index (χ2v) is 10.2. The molecule has 3 aromatic rings. The molecular formula is C27H28N6O2S. The fourth-order valence-corrected chi connectivity index (χ4v) is 5.77. The summed E-state index contributed by atoms with van der Waals surface area (Å²) in [7, 11) is 0. The van der Waals surface area contributed by atoms with Crippen molar-refractivity contribution < 1.29 is 9.59 Å². The summed E-state index contributed by atoms with van der Waals surface area (Å²) >= 11 is 1.56. The van der Waals surface area contributed by atoms with Gasteiger partial charge in [0.1, 0.15) is 0 Å². The Morgan fingerprint density at radius 1 is 1.17 bits per heavy atom. The van der Waals surface area contributed by atoms with Crippen molar-refractivity contribution in [2.45, 2.75) is 32.2 Å². The van der Waals surface area contributed by atoms with Crippen molar-refractivity contribution in [3.8, 4) is 6.07 Å². The standard InChI is InChI=1S/C27H28N6O2S/c1-2-32-12-11-23-24(17-32)36-26(30-23)31-25(34)20-5-3-4-19(14-20)21-10-13-33(16-21)27(35)29-22-8-6-18(15-28)7-9-22/h3-9,14,21H,2,10-13,16-17H2,1H3,(H,29,35)(H,30,31,34). The van der Waals surface area contributed by atoms with Gasteiger partial charge in [0, 0.05) is 54.6 Å². The molecule has 0 saturated carbocycles. The third-order valence-electron chi connectivity index (χ3n) is 6.84. The predicted molar refractivity (Wildman–Crippen MR) is 140 cm³/mol. The molecule has 1 atom stereocenters. The van der Waals surface area contributed by atoms with Crippen LogP contribution in [0.15, 0.2) is 48.5 Å². The van der Waals surface area contributed by atoms with Crippen LogP contribution >= 0.6 is 11.3 Å². The molecule has 184 valence electrons. The molecule has 2 aliphatic heterocycles. The van der Waals surface area contributed by atoms with Crippen LogP contribution in [0.25, 0.3) is 0 Å². The van der Waals surface area contributed by atoms with Gasteiger partial charge in [-0.2, -0.15) is 5.26 Å². The van der Waals surface area contributed by atoms with Crippen LogP contribution in [-0.4, -0.2) is 52.9 Å². The summed E-state index contributed by atoms with van der Waals surface area (Å²) in [6.07, 6.45) is 1.75. The molecule has 5 rings (SSSR count). The zero-order valence-electron chi connectivity index (χ0n) is 20.2. The van der Waals surface area contributed by atoms with E-state index in [2.05, 4.69) is 33.5 Å². The molecule has 36 heavy (non-hydrogen) atoms. The molecule has 1 fully saturated rings. The Morgan fingerprint density at radius 3 is 2.78 bits per heavy atom. The number of amides is 3. The fourth-order valence-electron chi connectivity index (χ4n) is 4.72. The van der Waals surface area contributed by atoms with E-state index in [1.54, 1.807) is 40.5 Å². The highest BCUT2D eigenvalue weighted by atomic mass is 32.1. The smallest absolute Gasteiger partial charge is 0.321 e. The number of likely N-dealkylation sites (N-methyl/N-ethyl adjacent to an activating group) is 1. The summed E-state index contributed by atoms with van der Waals surface area (Å²) in [6, 6.07) is 16.4. The molecule has 0 spiro atoms. The average molecular weight is 501 g/mol. The Balaban J connectivity index is 1.20. The number of hydrogen-bond donors (Lipinski definition) is 2. The zero-order chi connectivity index (χ0) is 25.1. The molecule has 0 radical (unpaired) electrons. The lowest BCUT2D eigenvalue weighted by atomic mass is 9.96. The normalized spacial score (nSPS) is 17.3. The lowest BCUT2D eigenvalue weighted by Crippen LogP contribution is -2.32. The number of aromatic nitrogens is 1. The lowest BCUT2D eigenvalue weighted by Gasteiger charge is -2.23. The van der Waals surface area contributed by atoms with E-state index >= 15 is 0 Å². The molecule has 1 unspecified atom stereocenters. The Morgan fingerprint density at radius 2 is 2.00 bits per heavy atom. The van der Waals surface area contributed by atoms with E-state index in [-0.39, 0.29) is 17.9 Å². The number of likely N-dealkylation sites (tertiary alicyclic amines) is 1.